The maximum atomic E-state index is 11.9. The van der Waals surface area contributed by atoms with E-state index >= 15 is 0 Å². The Morgan fingerprint density at radius 2 is 2.38 bits per heavy atom. The highest BCUT2D eigenvalue weighted by atomic mass is 16.5. The minimum absolute atomic E-state index is 0.107. The van der Waals surface area contributed by atoms with Crippen LogP contribution in [-0.2, 0) is 16.0 Å². The van der Waals surface area contributed by atoms with E-state index in [1.54, 1.807) is 18.3 Å². The highest BCUT2D eigenvalue weighted by Crippen LogP contribution is 2.16. The van der Waals surface area contributed by atoms with Gasteiger partial charge >= 0.3 is 0 Å². The smallest absolute Gasteiger partial charge is 0.144 e. The molecule has 1 aromatic heterocycles. The van der Waals surface area contributed by atoms with Gasteiger partial charge in [-0.15, -0.1) is 0 Å². The number of ether oxygens (including phenoxy) is 1. The van der Waals surface area contributed by atoms with Gasteiger partial charge in [0.1, 0.15) is 11.6 Å². The zero-order valence-electron chi connectivity index (χ0n) is 8.93. The first kappa shape index (κ1) is 11.0. The van der Waals surface area contributed by atoms with E-state index in [4.69, 9.17) is 16.2 Å². The van der Waals surface area contributed by atoms with Crippen LogP contribution in [-0.4, -0.2) is 30.0 Å². The van der Waals surface area contributed by atoms with Gasteiger partial charge < -0.3 is 16.2 Å². The van der Waals surface area contributed by atoms with Crippen LogP contribution in [0.1, 0.15) is 5.56 Å². The van der Waals surface area contributed by atoms with E-state index in [1.165, 1.54) is 0 Å². The number of Topliss-reactive ketones (excluding diaryl/α,β-unsaturated/α-hetero) is 1. The molecule has 0 aliphatic carbocycles. The number of nitrogens with two attached hydrogens (primary N) is 2. The first-order valence-corrected chi connectivity index (χ1v) is 5.23. The van der Waals surface area contributed by atoms with Crippen molar-refractivity contribution in [3.05, 3.63) is 23.9 Å². The second-order valence-corrected chi connectivity index (χ2v) is 4.04. The molecule has 0 spiro atoms. The maximum Gasteiger partial charge on any atom is 0.144 e. The number of hydrogen-bond donors (Lipinski definition) is 2. The van der Waals surface area contributed by atoms with Gasteiger partial charge in [-0.3, -0.25) is 4.79 Å². The number of ketones is 1. The summed E-state index contributed by atoms with van der Waals surface area (Å²) in [6, 6.07) is 3.32. The third-order valence-electron chi connectivity index (χ3n) is 2.76. The molecule has 0 amide bonds. The van der Waals surface area contributed by atoms with Crippen LogP contribution in [0, 0.1) is 5.92 Å². The fourth-order valence-electron chi connectivity index (χ4n) is 1.84. The number of carbonyl (C=O) groups excluding carboxylic acids is 1. The number of nitrogen functional groups attached to an aromatic ring is 1. The van der Waals surface area contributed by atoms with E-state index in [2.05, 4.69) is 4.98 Å². The molecule has 2 rings (SSSR count). The summed E-state index contributed by atoms with van der Waals surface area (Å²) < 4.78 is 5.17. The van der Waals surface area contributed by atoms with Gasteiger partial charge in [0.2, 0.25) is 0 Å². The minimum atomic E-state index is -0.186. The van der Waals surface area contributed by atoms with Crippen LogP contribution in [0.25, 0.3) is 0 Å². The molecule has 4 N–H and O–H groups in total. The van der Waals surface area contributed by atoms with E-state index < -0.39 is 0 Å². The lowest BCUT2D eigenvalue weighted by Gasteiger charge is -2.11. The predicted octanol–water partition coefficient (Wildman–Crippen LogP) is -0.251. The summed E-state index contributed by atoms with van der Waals surface area (Å²) in [5, 5.41) is 0. The van der Waals surface area contributed by atoms with Gasteiger partial charge in [-0.2, -0.15) is 0 Å². The van der Waals surface area contributed by atoms with E-state index in [1.807, 2.05) is 0 Å². The van der Waals surface area contributed by atoms with Gasteiger partial charge in [0.25, 0.3) is 0 Å². The largest absolute Gasteiger partial charge is 0.384 e. The Balaban J connectivity index is 2.02. The maximum absolute atomic E-state index is 11.9. The number of nitrogens with zero attached hydrogens (tertiary/aromatic N) is 1. The summed E-state index contributed by atoms with van der Waals surface area (Å²) in [4.78, 5) is 15.8. The number of anilines is 1. The van der Waals surface area contributed by atoms with Gasteiger partial charge in [0, 0.05) is 18.7 Å². The van der Waals surface area contributed by atoms with Crippen LogP contribution < -0.4 is 11.5 Å². The van der Waals surface area contributed by atoms with Crippen LogP contribution in [0.2, 0.25) is 0 Å². The van der Waals surface area contributed by atoms with E-state index in [9.17, 15) is 4.79 Å². The molecule has 16 heavy (non-hydrogen) atoms. The standard InChI is InChI=1S/C11H15N3O2/c12-9-6-16-5-8(9)10(15)3-7-1-2-14-11(13)4-7/h1-2,4,8-9H,3,5-6,12H2,(H2,13,14). The molecule has 1 aromatic rings. The van der Waals surface area contributed by atoms with Crippen molar-refractivity contribution >= 4 is 11.6 Å². The molecule has 2 atom stereocenters. The van der Waals surface area contributed by atoms with Crippen molar-refractivity contribution in [1.29, 1.82) is 0 Å². The summed E-state index contributed by atoms with van der Waals surface area (Å²) in [5.41, 5.74) is 12.2. The Kier molecular flexibility index (Phi) is 3.17. The van der Waals surface area contributed by atoms with Crippen LogP contribution in [0.3, 0.4) is 0 Å². The summed E-state index contributed by atoms with van der Waals surface area (Å²) in [7, 11) is 0. The molecule has 1 aliphatic heterocycles. The fourth-order valence-corrected chi connectivity index (χ4v) is 1.84. The van der Waals surface area contributed by atoms with E-state index in [-0.39, 0.29) is 17.7 Å². The Morgan fingerprint density at radius 1 is 1.56 bits per heavy atom. The van der Waals surface area contributed by atoms with Crippen LogP contribution in [0.4, 0.5) is 5.82 Å². The Morgan fingerprint density at radius 3 is 3.00 bits per heavy atom. The zero-order valence-corrected chi connectivity index (χ0v) is 8.93. The number of hydrogen-bond acceptors (Lipinski definition) is 5. The predicted molar refractivity (Wildman–Crippen MR) is 59.6 cm³/mol. The molecule has 2 unspecified atom stereocenters. The molecule has 1 saturated heterocycles. The molecular formula is C11H15N3O2. The van der Waals surface area contributed by atoms with Crippen molar-refractivity contribution in [3.63, 3.8) is 0 Å². The Labute approximate surface area is 93.8 Å². The average molecular weight is 221 g/mol. The average Bonchev–Trinajstić information content (AvgIpc) is 2.64. The summed E-state index contributed by atoms with van der Waals surface area (Å²) in [6.45, 7) is 0.898. The van der Waals surface area contributed by atoms with Crippen molar-refractivity contribution in [2.24, 2.45) is 11.7 Å². The molecule has 5 heteroatoms. The molecule has 0 bridgehead atoms. The number of rotatable bonds is 3. The highest BCUT2D eigenvalue weighted by Gasteiger charge is 2.30. The third kappa shape index (κ3) is 2.37. The van der Waals surface area contributed by atoms with Crippen LogP contribution >= 0.6 is 0 Å². The minimum Gasteiger partial charge on any atom is -0.384 e. The molecule has 86 valence electrons. The van der Waals surface area contributed by atoms with Crippen molar-refractivity contribution in [2.75, 3.05) is 18.9 Å². The number of aromatic nitrogens is 1. The van der Waals surface area contributed by atoms with Gasteiger partial charge in [-0.05, 0) is 17.7 Å². The SMILES string of the molecule is Nc1cc(CC(=O)C2COCC2N)ccn1. The second-order valence-electron chi connectivity index (χ2n) is 4.04. The van der Waals surface area contributed by atoms with Gasteiger partial charge in [0.05, 0.1) is 19.1 Å². The number of pyridine rings is 1. The highest BCUT2D eigenvalue weighted by molar-refractivity contribution is 5.84. The molecule has 2 heterocycles. The molecular weight excluding hydrogens is 206 g/mol. The second kappa shape index (κ2) is 4.59. The van der Waals surface area contributed by atoms with E-state index in [0.29, 0.717) is 25.5 Å². The molecule has 0 radical (unpaired) electrons. The fraction of sp³-hybridized carbons (Fsp3) is 0.455. The van der Waals surface area contributed by atoms with Gasteiger partial charge in [-0.1, -0.05) is 0 Å². The van der Waals surface area contributed by atoms with Crippen LogP contribution in [0.15, 0.2) is 18.3 Å². The first-order valence-electron chi connectivity index (χ1n) is 5.23. The van der Waals surface area contributed by atoms with Crippen molar-refractivity contribution in [1.82, 2.24) is 4.98 Å². The van der Waals surface area contributed by atoms with Gasteiger partial charge in [-0.25, -0.2) is 4.98 Å². The third-order valence-corrected chi connectivity index (χ3v) is 2.76. The molecule has 1 fully saturated rings. The lowest BCUT2D eigenvalue weighted by molar-refractivity contribution is -0.122. The first-order chi connectivity index (χ1) is 7.66. The van der Waals surface area contributed by atoms with Gasteiger partial charge in [0.15, 0.2) is 0 Å². The Bertz CT molecular complexity index is 395. The quantitative estimate of drug-likeness (QED) is 0.734. The Hall–Kier alpha value is -1.46. The van der Waals surface area contributed by atoms with Crippen molar-refractivity contribution < 1.29 is 9.53 Å². The molecule has 0 aromatic carbocycles. The molecule has 5 nitrogen and oxygen atoms in total. The number of carbonyl (C=O) groups is 1. The lowest BCUT2D eigenvalue weighted by Crippen LogP contribution is -2.34. The van der Waals surface area contributed by atoms with Crippen molar-refractivity contribution in [2.45, 2.75) is 12.5 Å². The van der Waals surface area contributed by atoms with Crippen molar-refractivity contribution in [3.8, 4) is 0 Å². The summed E-state index contributed by atoms with van der Waals surface area (Å²) >= 11 is 0. The summed E-state index contributed by atoms with van der Waals surface area (Å²) in [5.74, 6) is 0.349. The molecule has 0 saturated carbocycles. The van der Waals surface area contributed by atoms with E-state index in [0.717, 1.165) is 5.56 Å². The molecule has 1 aliphatic rings. The lowest BCUT2D eigenvalue weighted by atomic mass is 9.94. The monoisotopic (exact) mass is 221 g/mol. The zero-order chi connectivity index (χ0) is 11.5. The topological polar surface area (TPSA) is 91.2 Å². The van der Waals surface area contributed by atoms with Crippen LogP contribution in [0.5, 0.6) is 0 Å². The summed E-state index contributed by atoms with van der Waals surface area (Å²) in [6.07, 6.45) is 1.94. The normalized spacial score (nSPS) is 24.6.